The predicted octanol–water partition coefficient (Wildman–Crippen LogP) is 3.16. The largest absolute Gasteiger partial charge is 0.354 e. The Balaban J connectivity index is 1.48. The molecule has 0 spiro atoms. The first-order chi connectivity index (χ1) is 10.7. The van der Waals surface area contributed by atoms with Crippen molar-refractivity contribution in [2.75, 3.05) is 13.1 Å². The Labute approximate surface area is 134 Å². The van der Waals surface area contributed by atoms with E-state index in [-0.39, 0.29) is 11.8 Å². The van der Waals surface area contributed by atoms with Crippen molar-refractivity contribution in [1.82, 2.24) is 10.6 Å². The molecule has 4 nitrogen and oxygen atoms in total. The molecule has 0 bridgehead atoms. The molecule has 0 aromatic heterocycles. The van der Waals surface area contributed by atoms with Crippen molar-refractivity contribution in [3.05, 3.63) is 0 Å². The van der Waals surface area contributed by atoms with Gasteiger partial charge >= 0.3 is 0 Å². The molecule has 2 rings (SSSR count). The summed E-state index contributed by atoms with van der Waals surface area (Å²) >= 11 is 0. The first kappa shape index (κ1) is 17.3. The summed E-state index contributed by atoms with van der Waals surface area (Å²) in [5.41, 5.74) is 0. The molecule has 0 aromatic rings. The second-order valence-corrected chi connectivity index (χ2v) is 7.12. The smallest absolute Gasteiger partial charge is 0.220 e. The molecule has 0 radical (unpaired) electrons. The number of hydrogen-bond acceptors (Lipinski definition) is 2. The van der Waals surface area contributed by atoms with E-state index in [4.69, 9.17) is 0 Å². The lowest BCUT2D eigenvalue weighted by Gasteiger charge is -2.21. The molecule has 22 heavy (non-hydrogen) atoms. The van der Waals surface area contributed by atoms with Gasteiger partial charge in [-0.25, -0.2) is 0 Å². The summed E-state index contributed by atoms with van der Waals surface area (Å²) in [6.45, 7) is 1.12. The van der Waals surface area contributed by atoms with Crippen LogP contribution in [0.3, 0.4) is 0 Å². The molecule has 2 aliphatic rings. The van der Waals surface area contributed by atoms with Gasteiger partial charge in [-0.2, -0.15) is 0 Å². The molecule has 2 aliphatic carbocycles. The van der Waals surface area contributed by atoms with E-state index in [1.165, 1.54) is 64.2 Å². The third kappa shape index (κ3) is 6.80. The summed E-state index contributed by atoms with van der Waals surface area (Å²) in [5.74, 6) is 1.45. The lowest BCUT2D eigenvalue weighted by atomic mass is 9.87. The van der Waals surface area contributed by atoms with Crippen LogP contribution in [0.1, 0.15) is 77.0 Å². The normalized spacial score (nSPS) is 20.5. The van der Waals surface area contributed by atoms with Crippen LogP contribution in [-0.4, -0.2) is 24.9 Å². The summed E-state index contributed by atoms with van der Waals surface area (Å²) in [6, 6.07) is 0. The number of nitrogens with one attached hydrogen (secondary N) is 2. The Hall–Kier alpha value is -1.06. The third-order valence-electron chi connectivity index (χ3n) is 5.17. The molecular formula is C18H32N2O2. The van der Waals surface area contributed by atoms with Crippen LogP contribution in [0.5, 0.6) is 0 Å². The Kier molecular flexibility index (Phi) is 7.75. The predicted molar refractivity (Wildman–Crippen MR) is 88.4 cm³/mol. The zero-order valence-electron chi connectivity index (χ0n) is 13.9. The summed E-state index contributed by atoms with van der Waals surface area (Å²) in [4.78, 5) is 23.7. The van der Waals surface area contributed by atoms with Crippen LogP contribution in [0, 0.1) is 11.8 Å². The molecule has 0 saturated heterocycles. The minimum atomic E-state index is 0.147. The van der Waals surface area contributed by atoms with Crippen LogP contribution in [0.2, 0.25) is 0 Å². The first-order valence-electron chi connectivity index (χ1n) is 9.27. The molecule has 0 atom stereocenters. The average molecular weight is 308 g/mol. The van der Waals surface area contributed by atoms with Gasteiger partial charge in [0.1, 0.15) is 0 Å². The first-order valence-corrected chi connectivity index (χ1v) is 9.27. The van der Waals surface area contributed by atoms with Crippen LogP contribution < -0.4 is 10.6 Å². The zero-order chi connectivity index (χ0) is 15.6. The van der Waals surface area contributed by atoms with Gasteiger partial charge in [0, 0.05) is 25.9 Å². The number of carbonyl (C=O) groups is 2. The van der Waals surface area contributed by atoms with Gasteiger partial charge in [0.05, 0.1) is 0 Å². The molecule has 2 amide bonds. The van der Waals surface area contributed by atoms with Crippen LogP contribution in [0.25, 0.3) is 0 Å². The Morgan fingerprint density at radius 1 is 0.636 bits per heavy atom. The quantitative estimate of drug-likeness (QED) is 0.710. The molecule has 4 heteroatoms. The van der Waals surface area contributed by atoms with E-state index >= 15 is 0 Å². The van der Waals surface area contributed by atoms with Crippen molar-refractivity contribution in [3.63, 3.8) is 0 Å². The lowest BCUT2D eigenvalue weighted by molar-refractivity contribution is -0.124. The summed E-state index contributed by atoms with van der Waals surface area (Å²) in [6.07, 6.45) is 13.9. The molecule has 126 valence electrons. The average Bonchev–Trinajstić information content (AvgIpc) is 2.53. The van der Waals surface area contributed by atoms with Gasteiger partial charge in [0.2, 0.25) is 11.8 Å². The fourth-order valence-electron chi connectivity index (χ4n) is 3.86. The maximum Gasteiger partial charge on any atom is 0.220 e. The van der Waals surface area contributed by atoms with E-state index in [0.29, 0.717) is 37.8 Å². The molecule has 2 fully saturated rings. The van der Waals surface area contributed by atoms with Crippen molar-refractivity contribution in [2.45, 2.75) is 77.0 Å². The van der Waals surface area contributed by atoms with Crippen molar-refractivity contribution < 1.29 is 9.59 Å². The van der Waals surface area contributed by atoms with E-state index in [1.807, 2.05) is 0 Å². The molecule has 0 heterocycles. The Bertz CT molecular complexity index is 311. The molecule has 0 aliphatic heterocycles. The SMILES string of the molecule is O=C(CC1CCCCC1)NCCNC(=O)CC1CCCCC1. The van der Waals surface area contributed by atoms with Gasteiger partial charge in [0.15, 0.2) is 0 Å². The minimum absolute atomic E-state index is 0.147. The van der Waals surface area contributed by atoms with Crippen molar-refractivity contribution in [2.24, 2.45) is 11.8 Å². The van der Waals surface area contributed by atoms with Crippen molar-refractivity contribution in [3.8, 4) is 0 Å². The van der Waals surface area contributed by atoms with Gasteiger partial charge in [-0.3, -0.25) is 9.59 Å². The fraction of sp³-hybridized carbons (Fsp3) is 0.889. The Morgan fingerprint density at radius 3 is 1.36 bits per heavy atom. The van der Waals surface area contributed by atoms with E-state index < -0.39 is 0 Å². The molecule has 2 N–H and O–H groups in total. The van der Waals surface area contributed by atoms with E-state index in [0.717, 1.165) is 0 Å². The second kappa shape index (κ2) is 9.86. The summed E-state index contributed by atoms with van der Waals surface area (Å²) < 4.78 is 0. The fourth-order valence-corrected chi connectivity index (χ4v) is 3.86. The maximum atomic E-state index is 11.8. The number of hydrogen-bond donors (Lipinski definition) is 2. The van der Waals surface area contributed by atoms with Crippen LogP contribution in [0.15, 0.2) is 0 Å². The second-order valence-electron chi connectivity index (χ2n) is 7.12. The highest BCUT2D eigenvalue weighted by Gasteiger charge is 2.18. The lowest BCUT2D eigenvalue weighted by Crippen LogP contribution is -2.36. The van der Waals surface area contributed by atoms with Gasteiger partial charge in [0.25, 0.3) is 0 Å². The monoisotopic (exact) mass is 308 g/mol. The zero-order valence-corrected chi connectivity index (χ0v) is 13.9. The Morgan fingerprint density at radius 2 is 1.00 bits per heavy atom. The highest BCUT2D eigenvalue weighted by molar-refractivity contribution is 5.77. The topological polar surface area (TPSA) is 58.2 Å². The van der Waals surface area contributed by atoms with Crippen molar-refractivity contribution >= 4 is 11.8 Å². The summed E-state index contributed by atoms with van der Waals surface area (Å²) in [5, 5.41) is 5.87. The molecule has 0 aromatic carbocycles. The van der Waals surface area contributed by atoms with Gasteiger partial charge in [-0.05, 0) is 37.5 Å². The molecule has 2 saturated carbocycles. The highest BCUT2D eigenvalue weighted by atomic mass is 16.2. The van der Waals surface area contributed by atoms with Crippen molar-refractivity contribution in [1.29, 1.82) is 0 Å². The standard InChI is InChI=1S/C18H32N2O2/c21-17(13-15-7-3-1-4-8-15)19-11-12-20-18(22)14-16-9-5-2-6-10-16/h15-16H,1-14H2,(H,19,21)(H,20,22). The molecular weight excluding hydrogens is 276 g/mol. The highest BCUT2D eigenvalue weighted by Crippen LogP contribution is 2.26. The van der Waals surface area contributed by atoms with Gasteiger partial charge in [-0.15, -0.1) is 0 Å². The maximum absolute atomic E-state index is 11.8. The van der Waals surface area contributed by atoms with Gasteiger partial charge in [-0.1, -0.05) is 38.5 Å². The third-order valence-corrected chi connectivity index (χ3v) is 5.17. The summed E-state index contributed by atoms with van der Waals surface area (Å²) in [7, 11) is 0. The van der Waals surface area contributed by atoms with Gasteiger partial charge < -0.3 is 10.6 Å². The van der Waals surface area contributed by atoms with Crippen LogP contribution in [0.4, 0.5) is 0 Å². The van der Waals surface area contributed by atoms with E-state index in [2.05, 4.69) is 10.6 Å². The number of amides is 2. The minimum Gasteiger partial charge on any atom is -0.354 e. The van der Waals surface area contributed by atoms with E-state index in [9.17, 15) is 9.59 Å². The molecule has 0 unspecified atom stereocenters. The number of carbonyl (C=O) groups excluding carboxylic acids is 2. The van der Waals surface area contributed by atoms with Crippen LogP contribution in [-0.2, 0) is 9.59 Å². The number of rotatable bonds is 7. The van der Waals surface area contributed by atoms with Crippen LogP contribution >= 0.6 is 0 Å². The van der Waals surface area contributed by atoms with E-state index in [1.54, 1.807) is 0 Å².